The SMILES string of the molecule is COc1cc(C(F)(F)F)cc(SC)c1C(=O)NC1CCC[C@@H]1N(C)C. The van der Waals surface area contributed by atoms with Crippen LogP contribution >= 0.6 is 11.8 Å². The quantitative estimate of drug-likeness (QED) is 0.797. The van der Waals surface area contributed by atoms with Crippen LogP contribution in [0.5, 0.6) is 5.75 Å². The van der Waals surface area contributed by atoms with Gasteiger partial charge in [-0.25, -0.2) is 0 Å². The van der Waals surface area contributed by atoms with Gasteiger partial charge in [-0.1, -0.05) is 0 Å². The predicted octanol–water partition coefficient (Wildman–Crippen LogP) is 3.65. The minimum atomic E-state index is -4.49. The van der Waals surface area contributed by atoms with Crippen molar-refractivity contribution < 1.29 is 22.7 Å². The Hall–Kier alpha value is -1.41. The van der Waals surface area contributed by atoms with Crippen molar-refractivity contribution in [2.75, 3.05) is 27.5 Å². The van der Waals surface area contributed by atoms with E-state index in [0.717, 1.165) is 43.2 Å². The lowest BCUT2D eigenvalue weighted by Crippen LogP contribution is -2.46. The summed E-state index contributed by atoms with van der Waals surface area (Å²) in [6.07, 6.45) is -0.00488. The Morgan fingerprint density at radius 3 is 2.52 bits per heavy atom. The first-order valence-corrected chi connectivity index (χ1v) is 9.22. The second-order valence-corrected chi connectivity index (χ2v) is 7.14. The van der Waals surface area contributed by atoms with E-state index in [4.69, 9.17) is 4.74 Å². The number of hydrogen-bond acceptors (Lipinski definition) is 4. The van der Waals surface area contributed by atoms with E-state index >= 15 is 0 Å². The fraction of sp³-hybridized carbons (Fsp3) is 0.588. The van der Waals surface area contributed by atoms with Crippen molar-refractivity contribution in [1.29, 1.82) is 0 Å². The molecule has 0 aromatic heterocycles. The van der Waals surface area contributed by atoms with Crippen molar-refractivity contribution in [2.24, 2.45) is 0 Å². The number of thioether (sulfide) groups is 1. The van der Waals surface area contributed by atoms with Crippen LogP contribution in [-0.4, -0.2) is 50.4 Å². The highest BCUT2D eigenvalue weighted by atomic mass is 32.2. The number of likely N-dealkylation sites (N-methyl/N-ethyl adjacent to an activating group) is 1. The monoisotopic (exact) mass is 376 g/mol. The zero-order valence-corrected chi connectivity index (χ0v) is 15.6. The average molecular weight is 376 g/mol. The number of carbonyl (C=O) groups is 1. The molecule has 1 unspecified atom stereocenters. The molecule has 0 heterocycles. The standard InChI is InChI=1S/C17H23F3N2O2S/c1-22(2)12-7-5-6-11(12)21-16(23)15-13(24-3)8-10(17(18,19)20)9-14(15)25-4/h8-9,11-12H,5-7H2,1-4H3,(H,21,23)/t11?,12-/m0/s1. The van der Waals surface area contributed by atoms with Crippen molar-refractivity contribution >= 4 is 17.7 Å². The normalized spacial score (nSPS) is 20.8. The van der Waals surface area contributed by atoms with Crippen LogP contribution < -0.4 is 10.1 Å². The summed E-state index contributed by atoms with van der Waals surface area (Å²) in [6, 6.07) is 2.08. The molecule has 25 heavy (non-hydrogen) atoms. The van der Waals surface area contributed by atoms with Crippen molar-refractivity contribution in [1.82, 2.24) is 10.2 Å². The molecule has 1 aliphatic carbocycles. The van der Waals surface area contributed by atoms with E-state index in [-0.39, 0.29) is 28.3 Å². The Bertz CT molecular complexity index is 610. The molecule has 1 amide bonds. The molecule has 1 N–H and O–H groups in total. The van der Waals surface area contributed by atoms with Crippen molar-refractivity contribution in [2.45, 2.75) is 42.4 Å². The van der Waals surface area contributed by atoms with E-state index in [9.17, 15) is 18.0 Å². The molecule has 1 aliphatic rings. The van der Waals surface area contributed by atoms with Crippen molar-refractivity contribution in [3.05, 3.63) is 23.3 Å². The summed E-state index contributed by atoms with van der Waals surface area (Å²) in [7, 11) is 5.19. The fourth-order valence-corrected chi connectivity index (χ4v) is 3.91. The van der Waals surface area contributed by atoms with Gasteiger partial charge >= 0.3 is 6.18 Å². The summed E-state index contributed by atoms with van der Waals surface area (Å²) in [6.45, 7) is 0. The van der Waals surface area contributed by atoms with E-state index in [1.807, 2.05) is 14.1 Å². The molecule has 1 saturated carbocycles. The third-order valence-electron chi connectivity index (χ3n) is 4.52. The van der Waals surface area contributed by atoms with Gasteiger partial charge in [0.05, 0.1) is 18.2 Å². The van der Waals surface area contributed by atoms with Gasteiger partial charge in [0.25, 0.3) is 5.91 Å². The van der Waals surface area contributed by atoms with Crippen LogP contribution in [0.1, 0.15) is 35.2 Å². The van der Waals surface area contributed by atoms with Gasteiger partial charge in [-0.3, -0.25) is 4.79 Å². The number of carbonyl (C=O) groups excluding carboxylic acids is 1. The number of ether oxygens (including phenoxy) is 1. The molecule has 1 aromatic carbocycles. The lowest BCUT2D eigenvalue weighted by molar-refractivity contribution is -0.137. The molecule has 0 saturated heterocycles. The maximum Gasteiger partial charge on any atom is 0.416 e. The Labute approximate surface area is 150 Å². The topological polar surface area (TPSA) is 41.6 Å². The summed E-state index contributed by atoms with van der Waals surface area (Å²) in [4.78, 5) is 15.1. The number of halogens is 3. The first-order chi connectivity index (χ1) is 11.7. The highest BCUT2D eigenvalue weighted by Gasteiger charge is 2.35. The molecule has 2 atom stereocenters. The molecule has 2 rings (SSSR count). The number of benzene rings is 1. The van der Waals surface area contributed by atoms with Crippen LogP contribution in [0.2, 0.25) is 0 Å². The van der Waals surface area contributed by atoms with Crippen LogP contribution in [0.3, 0.4) is 0 Å². The Morgan fingerprint density at radius 1 is 1.32 bits per heavy atom. The van der Waals surface area contributed by atoms with E-state index in [2.05, 4.69) is 10.2 Å². The van der Waals surface area contributed by atoms with Gasteiger partial charge in [-0.15, -0.1) is 11.8 Å². The third kappa shape index (κ3) is 4.41. The minimum Gasteiger partial charge on any atom is -0.496 e. The molecule has 0 radical (unpaired) electrons. The van der Waals surface area contributed by atoms with Crippen LogP contribution in [0.25, 0.3) is 0 Å². The number of alkyl halides is 3. The first-order valence-electron chi connectivity index (χ1n) is 7.99. The molecule has 4 nitrogen and oxygen atoms in total. The highest BCUT2D eigenvalue weighted by molar-refractivity contribution is 7.98. The Kier molecular flexibility index (Phi) is 6.26. The maximum atomic E-state index is 13.1. The molecule has 0 spiro atoms. The first kappa shape index (κ1) is 19.9. The molecule has 140 valence electrons. The molecule has 1 aromatic rings. The van der Waals surface area contributed by atoms with Crippen LogP contribution in [0, 0.1) is 0 Å². The van der Waals surface area contributed by atoms with Crippen molar-refractivity contribution in [3.63, 3.8) is 0 Å². The second-order valence-electron chi connectivity index (χ2n) is 6.30. The smallest absolute Gasteiger partial charge is 0.416 e. The van der Waals surface area contributed by atoms with Crippen LogP contribution in [-0.2, 0) is 6.18 Å². The van der Waals surface area contributed by atoms with E-state index in [1.54, 1.807) is 6.26 Å². The van der Waals surface area contributed by atoms with E-state index in [1.165, 1.54) is 7.11 Å². The van der Waals surface area contributed by atoms with Gasteiger partial charge in [0.15, 0.2) is 0 Å². The van der Waals surface area contributed by atoms with E-state index < -0.39 is 17.6 Å². The van der Waals surface area contributed by atoms with Gasteiger partial charge in [0.1, 0.15) is 5.75 Å². The zero-order chi connectivity index (χ0) is 18.8. The van der Waals surface area contributed by atoms with Gasteiger partial charge in [-0.2, -0.15) is 13.2 Å². The maximum absolute atomic E-state index is 13.1. The largest absolute Gasteiger partial charge is 0.496 e. The summed E-state index contributed by atoms with van der Waals surface area (Å²) in [5.41, 5.74) is -0.662. The Balaban J connectivity index is 2.35. The molecular formula is C17H23F3N2O2S. The lowest BCUT2D eigenvalue weighted by Gasteiger charge is -2.27. The second kappa shape index (κ2) is 7.86. The van der Waals surface area contributed by atoms with Gasteiger partial charge < -0.3 is 15.0 Å². The molecule has 1 fully saturated rings. The number of rotatable bonds is 5. The summed E-state index contributed by atoms with van der Waals surface area (Å²) < 4.78 is 44.2. The van der Waals surface area contributed by atoms with Crippen LogP contribution in [0.15, 0.2) is 17.0 Å². The number of methoxy groups -OCH3 is 1. The molecule has 0 bridgehead atoms. The van der Waals surface area contributed by atoms with Gasteiger partial charge in [-0.05, 0) is 51.7 Å². The summed E-state index contributed by atoms with van der Waals surface area (Å²) >= 11 is 1.10. The molecule has 0 aliphatic heterocycles. The zero-order valence-electron chi connectivity index (χ0n) is 14.7. The van der Waals surface area contributed by atoms with Crippen molar-refractivity contribution in [3.8, 4) is 5.75 Å². The highest BCUT2D eigenvalue weighted by Crippen LogP contribution is 2.38. The van der Waals surface area contributed by atoms with Gasteiger partial charge in [0, 0.05) is 17.0 Å². The lowest BCUT2D eigenvalue weighted by atomic mass is 10.1. The van der Waals surface area contributed by atoms with Gasteiger partial charge in [0.2, 0.25) is 0 Å². The minimum absolute atomic E-state index is 0.0239. The number of nitrogens with one attached hydrogen (secondary N) is 1. The fourth-order valence-electron chi connectivity index (χ4n) is 3.27. The average Bonchev–Trinajstić information content (AvgIpc) is 3.00. The Morgan fingerprint density at radius 2 is 2.00 bits per heavy atom. The predicted molar refractivity (Wildman–Crippen MR) is 92.4 cm³/mol. The van der Waals surface area contributed by atoms with Crippen LogP contribution in [0.4, 0.5) is 13.2 Å². The third-order valence-corrected chi connectivity index (χ3v) is 5.28. The summed E-state index contributed by atoms with van der Waals surface area (Å²) in [5.74, 6) is -0.454. The van der Waals surface area contributed by atoms with E-state index in [0.29, 0.717) is 0 Å². The molecular weight excluding hydrogens is 353 g/mol. The number of amides is 1. The summed E-state index contributed by atoms with van der Waals surface area (Å²) in [5, 5.41) is 2.98. The number of nitrogens with zero attached hydrogens (tertiary/aromatic N) is 1. The molecule has 8 heteroatoms. The number of hydrogen-bond donors (Lipinski definition) is 1.